The SMILES string of the molecule is CC=C(C)C(=O)OC1(C)CC2=C3CSSC4CC(C#CC2)C([NH2+]C)C2CN(C(=O)CC5C[NH2+]C(N)CC5C3C13CC1CC5CCC(=O)OC5CC1O3)C42. The first-order chi connectivity index (χ1) is 25.5. The minimum absolute atomic E-state index is 0.0642. The van der Waals surface area contributed by atoms with Gasteiger partial charge in [-0.15, -0.1) is 0 Å². The van der Waals surface area contributed by atoms with Gasteiger partial charge in [-0.2, -0.15) is 0 Å². The van der Waals surface area contributed by atoms with Crippen molar-refractivity contribution in [2.45, 2.75) is 132 Å². The second-order valence-corrected chi connectivity index (χ2v) is 20.6. The van der Waals surface area contributed by atoms with Crippen LogP contribution in [0.25, 0.3) is 0 Å². The van der Waals surface area contributed by atoms with Crippen LogP contribution < -0.4 is 16.4 Å². The molecule has 0 aromatic heterocycles. The van der Waals surface area contributed by atoms with Crippen LogP contribution in [0.3, 0.4) is 0 Å². The zero-order valence-corrected chi connectivity index (χ0v) is 33.4. The van der Waals surface area contributed by atoms with E-state index in [1.807, 2.05) is 41.5 Å². The highest BCUT2D eigenvalue weighted by Crippen LogP contribution is 2.63. The highest BCUT2D eigenvalue weighted by atomic mass is 33.1. The Hall–Kier alpha value is -2.01. The van der Waals surface area contributed by atoms with E-state index in [2.05, 4.69) is 41.3 Å². The van der Waals surface area contributed by atoms with E-state index in [1.54, 1.807) is 0 Å². The molecular formula is C41H58N4O6S2+2. The fraction of sp³-hybridized carbons (Fsp3) is 0.780. The van der Waals surface area contributed by atoms with Crippen molar-refractivity contribution >= 4 is 39.4 Å². The summed E-state index contributed by atoms with van der Waals surface area (Å²) in [5.74, 6) is 9.59. The maximum Gasteiger partial charge on any atom is 0.334 e. The predicted molar refractivity (Wildman–Crippen MR) is 203 cm³/mol. The summed E-state index contributed by atoms with van der Waals surface area (Å²) in [6.07, 6.45) is 8.64. The molecular weight excluding hydrogens is 709 g/mol. The van der Waals surface area contributed by atoms with E-state index in [4.69, 9.17) is 19.9 Å². The molecule has 2 saturated carbocycles. The molecule has 1 spiro atoms. The summed E-state index contributed by atoms with van der Waals surface area (Å²) in [6, 6.07) is 0.633. The third-order valence-corrected chi connectivity index (χ3v) is 18.2. The lowest BCUT2D eigenvalue weighted by Gasteiger charge is -2.59. The third-order valence-electron chi connectivity index (χ3n) is 15.4. The molecule has 0 radical (unpaired) electrons. The molecule has 53 heavy (non-hydrogen) atoms. The first-order valence-electron chi connectivity index (χ1n) is 20.4. The molecule has 0 aromatic rings. The van der Waals surface area contributed by atoms with E-state index >= 15 is 0 Å². The largest absolute Gasteiger partial charge is 0.462 e. The molecule has 6 N–H and O–H groups in total. The van der Waals surface area contributed by atoms with Crippen molar-refractivity contribution in [3.8, 4) is 11.8 Å². The minimum Gasteiger partial charge on any atom is -0.462 e. The van der Waals surface area contributed by atoms with E-state index in [9.17, 15) is 14.4 Å². The van der Waals surface area contributed by atoms with Crippen LogP contribution in [0, 0.1) is 53.3 Å². The number of hydrogen-bond acceptors (Lipinski definition) is 9. The second-order valence-electron chi connectivity index (χ2n) is 18.0. The van der Waals surface area contributed by atoms with Crippen molar-refractivity contribution in [2.24, 2.45) is 47.2 Å². The molecule has 9 aliphatic rings. The van der Waals surface area contributed by atoms with Crippen molar-refractivity contribution < 1.29 is 39.2 Å². The smallest absolute Gasteiger partial charge is 0.334 e. The summed E-state index contributed by atoms with van der Waals surface area (Å²) >= 11 is 0. The van der Waals surface area contributed by atoms with Crippen LogP contribution in [-0.2, 0) is 28.6 Å². The summed E-state index contributed by atoms with van der Waals surface area (Å²) in [6.45, 7) is 7.44. The van der Waals surface area contributed by atoms with Gasteiger partial charge in [-0.1, -0.05) is 50.7 Å². The highest BCUT2D eigenvalue weighted by molar-refractivity contribution is 8.77. The number of nitrogens with zero attached hydrogens (tertiary/aromatic N) is 1. The van der Waals surface area contributed by atoms with E-state index in [0.717, 1.165) is 50.9 Å². The molecule has 288 valence electrons. The fourth-order valence-electron chi connectivity index (χ4n) is 12.7. The molecule has 3 aliphatic carbocycles. The van der Waals surface area contributed by atoms with Gasteiger partial charge in [0.1, 0.15) is 29.5 Å². The van der Waals surface area contributed by atoms with Gasteiger partial charge in [0.2, 0.25) is 5.91 Å². The Kier molecular flexibility index (Phi) is 9.59. The van der Waals surface area contributed by atoms with Crippen LogP contribution in [0.15, 0.2) is 22.8 Å². The molecule has 6 heterocycles. The molecule has 3 bridgehead atoms. The Morgan fingerprint density at radius 2 is 2.00 bits per heavy atom. The average molecular weight is 767 g/mol. The maximum atomic E-state index is 14.6. The van der Waals surface area contributed by atoms with Gasteiger partial charge in [-0.3, -0.25) is 15.3 Å². The Bertz CT molecular complexity index is 1680. The van der Waals surface area contributed by atoms with Gasteiger partial charge >= 0.3 is 11.9 Å². The van der Waals surface area contributed by atoms with Gasteiger partial charge in [0, 0.05) is 73.5 Å². The number of esters is 2. The molecule has 7 fully saturated rings. The number of amides is 1. The standard InChI is InChI=1S/C41H56N4O6S2/c1-5-21(2)39(48)51-40(3)16-24-8-6-7-23-12-32-38-28(37(23)43-4)19-45(38)34(46)13-26-18-44-33(42)14-27(26)36(29(24)20-52-53-32)41(40)17-25-11-22-9-10-35(47)49-30(22)15-31(25)50-41/h5,22-23,25-28,30-33,36-38,43-44H,8-20,42H2,1-4H3/p+2. The van der Waals surface area contributed by atoms with Crippen molar-refractivity contribution in [3.63, 3.8) is 0 Å². The van der Waals surface area contributed by atoms with Gasteiger partial charge in [0.05, 0.1) is 37.6 Å². The number of quaternary nitrogens is 2. The van der Waals surface area contributed by atoms with Crippen LogP contribution in [0.5, 0.6) is 0 Å². The van der Waals surface area contributed by atoms with E-state index in [1.165, 1.54) is 11.1 Å². The van der Waals surface area contributed by atoms with Crippen LogP contribution in [-0.4, -0.2) is 95.5 Å². The number of rotatable bonds is 3. The molecule has 12 heteroatoms. The first-order valence-corrected chi connectivity index (χ1v) is 22.8. The van der Waals surface area contributed by atoms with E-state index < -0.39 is 11.2 Å². The van der Waals surface area contributed by atoms with Crippen LogP contribution in [0.4, 0.5) is 0 Å². The van der Waals surface area contributed by atoms with Crippen molar-refractivity contribution in [2.75, 3.05) is 25.9 Å². The molecule has 5 saturated heterocycles. The molecule has 15 atom stereocenters. The Labute approximate surface area is 322 Å². The summed E-state index contributed by atoms with van der Waals surface area (Å²) in [5, 5.41) is 4.93. The summed E-state index contributed by atoms with van der Waals surface area (Å²) in [7, 11) is 6.11. The van der Waals surface area contributed by atoms with Crippen LogP contribution in [0.2, 0.25) is 0 Å². The molecule has 15 unspecified atom stereocenters. The zero-order valence-electron chi connectivity index (χ0n) is 31.7. The quantitative estimate of drug-likeness (QED) is 0.130. The maximum absolute atomic E-state index is 14.6. The Morgan fingerprint density at radius 3 is 2.81 bits per heavy atom. The number of fused-ring (bicyclic) bond motifs is 8. The number of ether oxygens (including phenoxy) is 3. The number of piperidine rings is 1. The van der Waals surface area contributed by atoms with Crippen molar-refractivity contribution in [3.05, 3.63) is 22.8 Å². The van der Waals surface area contributed by atoms with Crippen molar-refractivity contribution in [1.82, 2.24) is 4.90 Å². The van der Waals surface area contributed by atoms with Gasteiger partial charge < -0.3 is 29.7 Å². The fourth-order valence-corrected chi connectivity index (χ4v) is 15.9. The van der Waals surface area contributed by atoms with Crippen molar-refractivity contribution in [1.29, 1.82) is 0 Å². The number of hydrogen-bond donors (Lipinski definition) is 3. The summed E-state index contributed by atoms with van der Waals surface area (Å²) in [4.78, 5) is 43.3. The minimum atomic E-state index is -0.987. The molecule has 10 nitrogen and oxygen atoms in total. The van der Waals surface area contributed by atoms with E-state index in [-0.39, 0.29) is 71.9 Å². The predicted octanol–water partition coefficient (Wildman–Crippen LogP) is 2.28. The van der Waals surface area contributed by atoms with E-state index in [0.29, 0.717) is 60.8 Å². The lowest BCUT2D eigenvalue weighted by molar-refractivity contribution is -0.706. The third kappa shape index (κ3) is 5.96. The highest BCUT2D eigenvalue weighted by Gasteiger charge is 2.69. The van der Waals surface area contributed by atoms with Crippen LogP contribution >= 0.6 is 21.6 Å². The topological polar surface area (TPSA) is 141 Å². The number of carbonyl (C=O) groups is 3. The first kappa shape index (κ1) is 36.6. The summed E-state index contributed by atoms with van der Waals surface area (Å²) in [5.41, 5.74) is 8.32. The monoisotopic (exact) mass is 766 g/mol. The van der Waals surface area contributed by atoms with Gasteiger partial charge in [0.15, 0.2) is 0 Å². The lowest BCUT2D eigenvalue weighted by Crippen LogP contribution is -2.96. The molecule has 0 aromatic carbocycles. The number of carbonyl (C=O) groups excluding carboxylic acids is 3. The normalized spacial score (nSPS) is 47.5. The molecule has 9 rings (SSSR count). The molecule has 6 aliphatic heterocycles. The molecule has 1 amide bonds. The van der Waals surface area contributed by atoms with Crippen LogP contribution in [0.1, 0.15) is 85.0 Å². The average Bonchev–Trinajstić information content (AvgIpc) is 3.47. The Balaban J connectivity index is 1.22. The van der Waals surface area contributed by atoms with Gasteiger partial charge in [-0.05, 0) is 64.2 Å². The summed E-state index contributed by atoms with van der Waals surface area (Å²) < 4.78 is 20.5. The zero-order chi connectivity index (χ0) is 36.8. The Morgan fingerprint density at radius 1 is 1.15 bits per heavy atom. The lowest BCUT2D eigenvalue weighted by atomic mass is 9.54. The second kappa shape index (κ2) is 13.9. The number of allylic oxidation sites excluding steroid dienone is 1. The number of nitrogens with two attached hydrogens (primary N) is 3. The van der Waals surface area contributed by atoms with Gasteiger partial charge in [-0.25, -0.2) is 4.79 Å². The van der Waals surface area contributed by atoms with Gasteiger partial charge in [0.25, 0.3) is 0 Å².